The molecule has 2 nitrogen and oxygen atoms in total. The lowest BCUT2D eigenvalue weighted by Crippen LogP contribution is -2.37. The lowest BCUT2D eigenvalue weighted by molar-refractivity contribution is 0.161. The van der Waals surface area contributed by atoms with E-state index in [9.17, 15) is 0 Å². The Hall–Kier alpha value is -0.673. The van der Waals surface area contributed by atoms with E-state index in [1.54, 1.807) is 0 Å². The molecule has 1 heterocycles. The molecule has 0 bridgehead atoms. The van der Waals surface area contributed by atoms with Gasteiger partial charge >= 0.3 is 0 Å². The van der Waals surface area contributed by atoms with Gasteiger partial charge in [-0.25, -0.2) is 0 Å². The highest BCUT2D eigenvalue weighted by Crippen LogP contribution is 2.68. The van der Waals surface area contributed by atoms with E-state index in [1.165, 1.54) is 37.4 Å². The van der Waals surface area contributed by atoms with Gasteiger partial charge in [0.2, 0.25) is 0 Å². The Kier molecular flexibility index (Phi) is 5.74. The standard InChI is InChI=1S/C22H37NOSi/c1-6-25(7-2,8-3)24-21(20-11-9-10-14-23-20)13-12-17-15-18-19(16-17)22(18,4)5/h9-11,14,17-19,21H,6-8,12-13,15-16H2,1-5H3/t17?,18-,19+,21?. The minimum Gasteiger partial charge on any atom is -0.408 e. The summed E-state index contributed by atoms with van der Waals surface area (Å²) >= 11 is 0. The maximum Gasteiger partial charge on any atom is 0.192 e. The molecular weight excluding hydrogens is 322 g/mol. The van der Waals surface area contributed by atoms with Crippen LogP contribution in [0.5, 0.6) is 0 Å². The van der Waals surface area contributed by atoms with Crippen molar-refractivity contribution < 1.29 is 4.43 Å². The van der Waals surface area contributed by atoms with Crippen LogP contribution in [0.25, 0.3) is 0 Å². The Morgan fingerprint density at radius 1 is 1.12 bits per heavy atom. The fourth-order valence-electron chi connectivity index (χ4n) is 5.37. The number of hydrogen-bond acceptors (Lipinski definition) is 2. The summed E-state index contributed by atoms with van der Waals surface area (Å²) in [4.78, 5) is 4.66. The smallest absolute Gasteiger partial charge is 0.192 e. The molecule has 0 aromatic carbocycles. The van der Waals surface area contributed by atoms with Crippen molar-refractivity contribution in [2.45, 2.75) is 84.5 Å². The molecule has 2 fully saturated rings. The molecule has 0 radical (unpaired) electrons. The molecule has 1 aromatic rings. The van der Waals surface area contributed by atoms with Crippen LogP contribution in [-0.4, -0.2) is 13.3 Å². The molecule has 2 aliphatic carbocycles. The number of nitrogens with zero attached hydrogens (tertiary/aromatic N) is 1. The van der Waals surface area contributed by atoms with Gasteiger partial charge in [0, 0.05) is 6.20 Å². The van der Waals surface area contributed by atoms with Crippen molar-refractivity contribution in [3.05, 3.63) is 30.1 Å². The van der Waals surface area contributed by atoms with Gasteiger partial charge in [0.25, 0.3) is 0 Å². The van der Waals surface area contributed by atoms with E-state index in [0.717, 1.165) is 29.9 Å². The van der Waals surface area contributed by atoms with E-state index in [4.69, 9.17) is 4.43 Å². The highest BCUT2D eigenvalue weighted by molar-refractivity contribution is 6.73. The lowest BCUT2D eigenvalue weighted by Gasteiger charge is -2.33. The molecule has 3 heteroatoms. The summed E-state index contributed by atoms with van der Waals surface area (Å²) in [6.07, 6.45) is 7.49. The van der Waals surface area contributed by atoms with Crippen LogP contribution in [-0.2, 0) is 4.43 Å². The molecule has 0 N–H and O–H groups in total. The summed E-state index contributed by atoms with van der Waals surface area (Å²) in [6.45, 7) is 11.9. The van der Waals surface area contributed by atoms with Crippen molar-refractivity contribution in [3.63, 3.8) is 0 Å². The van der Waals surface area contributed by atoms with E-state index in [0.29, 0.717) is 5.41 Å². The van der Waals surface area contributed by atoms with Crippen LogP contribution in [0.2, 0.25) is 18.1 Å². The third-order valence-electron chi connectivity index (χ3n) is 7.64. The second-order valence-electron chi connectivity index (χ2n) is 9.05. The van der Waals surface area contributed by atoms with Gasteiger partial charge < -0.3 is 4.43 Å². The quantitative estimate of drug-likeness (QED) is 0.463. The van der Waals surface area contributed by atoms with Crippen molar-refractivity contribution in [3.8, 4) is 0 Å². The SMILES string of the molecule is CC[Si](CC)(CC)OC(CCC1C[C@@H]2[C@H](C1)C2(C)C)c1ccccn1. The average molecular weight is 360 g/mol. The van der Waals surface area contributed by atoms with Gasteiger partial charge in [-0.15, -0.1) is 0 Å². The van der Waals surface area contributed by atoms with Crippen LogP contribution in [0.15, 0.2) is 24.4 Å². The second kappa shape index (κ2) is 7.52. The summed E-state index contributed by atoms with van der Waals surface area (Å²) in [7, 11) is -1.61. The van der Waals surface area contributed by atoms with Crippen LogP contribution in [0.3, 0.4) is 0 Å². The fraction of sp³-hybridized carbons (Fsp3) is 0.773. The Balaban J connectivity index is 1.63. The molecule has 2 aliphatic rings. The van der Waals surface area contributed by atoms with Gasteiger partial charge in [0.15, 0.2) is 8.32 Å². The van der Waals surface area contributed by atoms with Gasteiger partial charge in [0.1, 0.15) is 0 Å². The minimum atomic E-state index is -1.61. The van der Waals surface area contributed by atoms with E-state index in [1.807, 2.05) is 12.3 Å². The summed E-state index contributed by atoms with van der Waals surface area (Å²) in [5.74, 6) is 2.92. The number of fused-ring (bicyclic) bond motifs is 1. The Morgan fingerprint density at radius 3 is 2.28 bits per heavy atom. The molecule has 2 unspecified atom stereocenters. The molecule has 0 aliphatic heterocycles. The lowest BCUT2D eigenvalue weighted by atomic mass is 9.89. The van der Waals surface area contributed by atoms with Gasteiger partial charge in [0.05, 0.1) is 11.8 Å². The molecule has 4 atom stereocenters. The van der Waals surface area contributed by atoms with Crippen molar-refractivity contribution in [2.24, 2.45) is 23.2 Å². The van der Waals surface area contributed by atoms with Crippen molar-refractivity contribution in [1.29, 1.82) is 0 Å². The number of rotatable bonds is 9. The van der Waals surface area contributed by atoms with Crippen LogP contribution in [0.4, 0.5) is 0 Å². The fourth-order valence-corrected chi connectivity index (χ4v) is 8.21. The third-order valence-corrected chi connectivity index (χ3v) is 12.3. The molecule has 0 spiro atoms. The van der Waals surface area contributed by atoms with Gasteiger partial charge in [-0.3, -0.25) is 4.98 Å². The maximum absolute atomic E-state index is 6.89. The minimum absolute atomic E-state index is 0.206. The Morgan fingerprint density at radius 2 is 1.76 bits per heavy atom. The van der Waals surface area contributed by atoms with Crippen molar-refractivity contribution >= 4 is 8.32 Å². The van der Waals surface area contributed by atoms with Crippen molar-refractivity contribution in [1.82, 2.24) is 4.98 Å². The van der Waals surface area contributed by atoms with Crippen LogP contribution in [0.1, 0.15) is 72.1 Å². The first kappa shape index (κ1) is 19.1. The third kappa shape index (κ3) is 3.87. The van der Waals surface area contributed by atoms with E-state index in [-0.39, 0.29) is 6.10 Å². The number of aromatic nitrogens is 1. The summed E-state index contributed by atoms with van der Waals surface area (Å²) in [6, 6.07) is 9.93. The molecule has 0 amide bonds. The monoisotopic (exact) mass is 359 g/mol. The zero-order valence-corrected chi connectivity index (χ0v) is 17.9. The summed E-state index contributed by atoms with van der Waals surface area (Å²) < 4.78 is 6.89. The number of pyridine rings is 1. The van der Waals surface area contributed by atoms with Gasteiger partial charge in [-0.05, 0) is 79.1 Å². The van der Waals surface area contributed by atoms with Crippen LogP contribution < -0.4 is 0 Å². The summed E-state index contributed by atoms with van der Waals surface area (Å²) in [5, 5.41) is 0. The Labute approximate surface area is 155 Å². The second-order valence-corrected chi connectivity index (χ2v) is 13.8. The predicted octanol–water partition coefficient (Wildman–Crippen LogP) is 6.61. The maximum atomic E-state index is 6.89. The molecular formula is C22H37NOSi. The van der Waals surface area contributed by atoms with Crippen LogP contribution in [0, 0.1) is 23.2 Å². The average Bonchev–Trinajstić information content (AvgIpc) is 2.99. The normalized spacial score (nSPS) is 28.6. The van der Waals surface area contributed by atoms with E-state index in [2.05, 4.69) is 51.7 Å². The summed E-state index contributed by atoms with van der Waals surface area (Å²) in [5.41, 5.74) is 1.79. The molecule has 2 saturated carbocycles. The first-order valence-electron chi connectivity index (χ1n) is 10.5. The van der Waals surface area contributed by atoms with Gasteiger partial charge in [-0.1, -0.05) is 40.7 Å². The first-order chi connectivity index (χ1) is 12.0. The molecule has 25 heavy (non-hydrogen) atoms. The van der Waals surface area contributed by atoms with E-state index < -0.39 is 8.32 Å². The van der Waals surface area contributed by atoms with E-state index >= 15 is 0 Å². The first-order valence-corrected chi connectivity index (χ1v) is 13.1. The predicted molar refractivity (Wildman–Crippen MR) is 108 cm³/mol. The topological polar surface area (TPSA) is 22.1 Å². The van der Waals surface area contributed by atoms with Crippen LogP contribution >= 0.6 is 0 Å². The molecule has 3 rings (SSSR count). The molecule has 1 aromatic heterocycles. The molecule has 0 saturated heterocycles. The Bertz CT molecular complexity index is 532. The van der Waals surface area contributed by atoms with Gasteiger partial charge in [-0.2, -0.15) is 0 Å². The zero-order chi connectivity index (χ0) is 18.1. The number of hydrogen-bond donors (Lipinski definition) is 0. The highest BCUT2D eigenvalue weighted by atomic mass is 28.4. The van der Waals surface area contributed by atoms with Crippen molar-refractivity contribution in [2.75, 3.05) is 0 Å². The zero-order valence-electron chi connectivity index (χ0n) is 16.9. The largest absolute Gasteiger partial charge is 0.408 e. The highest BCUT2D eigenvalue weighted by Gasteiger charge is 2.61. The molecule has 140 valence electrons.